The third kappa shape index (κ3) is 2.74. The Kier molecular flexibility index (Phi) is 3.81. The molecule has 0 radical (unpaired) electrons. The minimum absolute atomic E-state index is 0.319. The van der Waals surface area contributed by atoms with Crippen LogP contribution in [-0.4, -0.2) is 11.8 Å². The number of halogens is 2. The number of nitrogens with one attached hydrogen (secondary N) is 1. The van der Waals surface area contributed by atoms with Gasteiger partial charge in [-0.1, -0.05) is 45.7 Å². The Bertz CT molecular complexity index is 665. The Morgan fingerprint density at radius 2 is 1.95 bits per heavy atom. The molecular formula is C16H14BrClN2. The summed E-state index contributed by atoms with van der Waals surface area (Å²) in [5.41, 5.74) is 7.71. The molecule has 1 N–H and O–H groups in total. The van der Waals surface area contributed by atoms with Gasteiger partial charge in [0, 0.05) is 26.7 Å². The lowest BCUT2D eigenvalue weighted by molar-refractivity contribution is 0.576. The number of benzene rings is 2. The lowest BCUT2D eigenvalue weighted by atomic mass is 9.95. The van der Waals surface area contributed by atoms with E-state index in [1.807, 2.05) is 24.3 Å². The SMILES string of the molecule is CC1Cc2ccc(Br)cc2C(c2ccc(Cl)cc2)=NN1. The Hall–Kier alpha value is -1.32. The third-order valence-electron chi connectivity index (χ3n) is 3.37. The quantitative estimate of drug-likeness (QED) is 0.811. The molecule has 3 rings (SSSR count). The summed E-state index contributed by atoms with van der Waals surface area (Å²) in [4.78, 5) is 0. The van der Waals surface area contributed by atoms with Gasteiger partial charge in [-0.25, -0.2) is 0 Å². The van der Waals surface area contributed by atoms with Crippen LogP contribution in [0.15, 0.2) is 52.0 Å². The first-order valence-electron chi connectivity index (χ1n) is 6.51. The molecule has 0 saturated heterocycles. The average Bonchev–Trinajstić information content (AvgIpc) is 2.58. The van der Waals surface area contributed by atoms with E-state index in [-0.39, 0.29) is 0 Å². The van der Waals surface area contributed by atoms with Crippen LogP contribution >= 0.6 is 27.5 Å². The predicted octanol–water partition coefficient (Wildman–Crippen LogP) is 4.39. The third-order valence-corrected chi connectivity index (χ3v) is 4.11. The molecule has 0 aliphatic carbocycles. The zero-order valence-corrected chi connectivity index (χ0v) is 13.4. The van der Waals surface area contributed by atoms with Crippen molar-refractivity contribution in [3.8, 4) is 0 Å². The highest BCUT2D eigenvalue weighted by Crippen LogP contribution is 2.24. The van der Waals surface area contributed by atoms with Gasteiger partial charge < -0.3 is 5.43 Å². The highest BCUT2D eigenvalue weighted by molar-refractivity contribution is 9.10. The molecule has 2 aromatic rings. The second kappa shape index (κ2) is 5.58. The highest BCUT2D eigenvalue weighted by Gasteiger charge is 2.18. The van der Waals surface area contributed by atoms with E-state index in [4.69, 9.17) is 11.6 Å². The standard InChI is InChI=1S/C16H14BrClN2/c1-10-8-12-2-5-13(17)9-15(12)16(20-19-10)11-3-6-14(18)7-4-11/h2-7,9-10,19H,8H2,1H3. The van der Waals surface area contributed by atoms with Crippen LogP contribution in [0, 0.1) is 0 Å². The van der Waals surface area contributed by atoms with Crippen LogP contribution in [0.2, 0.25) is 5.02 Å². The number of fused-ring (bicyclic) bond motifs is 1. The summed E-state index contributed by atoms with van der Waals surface area (Å²) in [6.45, 7) is 2.14. The fourth-order valence-electron chi connectivity index (χ4n) is 2.39. The first-order chi connectivity index (χ1) is 9.63. The Balaban J connectivity index is 2.14. The molecule has 2 aromatic carbocycles. The van der Waals surface area contributed by atoms with Crippen molar-refractivity contribution in [1.29, 1.82) is 0 Å². The van der Waals surface area contributed by atoms with Crippen molar-refractivity contribution in [2.75, 3.05) is 0 Å². The molecule has 0 amide bonds. The van der Waals surface area contributed by atoms with Crippen molar-refractivity contribution in [3.63, 3.8) is 0 Å². The summed E-state index contributed by atoms with van der Waals surface area (Å²) in [5, 5.41) is 5.32. The van der Waals surface area contributed by atoms with Crippen LogP contribution in [0.3, 0.4) is 0 Å². The van der Waals surface area contributed by atoms with Crippen LogP contribution in [0.1, 0.15) is 23.6 Å². The maximum atomic E-state index is 5.97. The van der Waals surface area contributed by atoms with Crippen molar-refractivity contribution in [3.05, 3.63) is 68.7 Å². The Labute approximate surface area is 132 Å². The topological polar surface area (TPSA) is 24.4 Å². The number of hydrogen-bond donors (Lipinski definition) is 1. The van der Waals surface area contributed by atoms with E-state index in [2.05, 4.69) is 51.6 Å². The molecule has 0 bridgehead atoms. The Morgan fingerprint density at radius 1 is 1.20 bits per heavy atom. The van der Waals surface area contributed by atoms with Crippen LogP contribution < -0.4 is 5.43 Å². The molecule has 1 atom stereocenters. The van der Waals surface area contributed by atoms with Crippen LogP contribution in [0.5, 0.6) is 0 Å². The summed E-state index contributed by atoms with van der Waals surface area (Å²) < 4.78 is 1.06. The summed E-state index contributed by atoms with van der Waals surface area (Å²) >= 11 is 9.51. The van der Waals surface area contributed by atoms with Crippen LogP contribution in [0.25, 0.3) is 0 Å². The minimum atomic E-state index is 0.319. The van der Waals surface area contributed by atoms with Gasteiger partial charge in [0.15, 0.2) is 0 Å². The molecule has 1 aliphatic rings. The molecular weight excluding hydrogens is 336 g/mol. The van der Waals surface area contributed by atoms with Crippen molar-refractivity contribution in [2.45, 2.75) is 19.4 Å². The van der Waals surface area contributed by atoms with Gasteiger partial charge in [0.1, 0.15) is 0 Å². The summed E-state index contributed by atoms with van der Waals surface area (Å²) in [7, 11) is 0. The first-order valence-corrected chi connectivity index (χ1v) is 7.68. The van der Waals surface area contributed by atoms with Gasteiger partial charge in [0.25, 0.3) is 0 Å². The van der Waals surface area contributed by atoms with Crippen molar-refractivity contribution >= 4 is 33.2 Å². The van der Waals surface area contributed by atoms with E-state index in [0.29, 0.717) is 6.04 Å². The fraction of sp³-hybridized carbons (Fsp3) is 0.188. The molecule has 0 aromatic heterocycles. The van der Waals surface area contributed by atoms with Gasteiger partial charge in [-0.2, -0.15) is 5.10 Å². The number of hydrogen-bond acceptors (Lipinski definition) is 2. The smallest absolute Gasteiger partial charge is 0.0977 e. The van der Waals surface area contributed by atoms with E-state index < -0.39 is 0 Å². The minimum Gasteiger partial charge on any atom is -0.306 e. The molecule has 1 aliphatic heterocycles. The zero-order chi connectivity index (χ0) is 14.1. The lowest BCUT2D eigenvalue weighted by Gasteiger charge is -2.10. The lowest BCUT2D eigenvalue weighted by Crippen LogP contribution is -2.21. The van der Waals surface area contributed by atoms with E-state index >= 15 is 0 Å². The van der Waals surface area contributed by atoms with Gasteiger partial charge in [-0.3, -0.25) is 0 Å². The van der Waals surface area contributed by atoms with Crippen LogP contribution in [0.4, 0.5) is 0 Å². The largest absolute Gasteiger partial charge is 0.306 e. The molecule has 0 spiro atoms. The maximum Gasteiger partial charge on any atom is 0.0977 e. The maximum absolute atomic E-state index is 5.97. The molecule has 4 heteroatoms. The number of nitrogens with zero attached hydrogens (tertiary/aromatic N) is 1. The molecule has 0 saturated carbocycles. The molecule has 102 valence electrons. The normalized spacial score (nSPS) is 17.8. The van der Waals surface area contributed by atoms with Gasteiger partial charge in [-0.15, -0.1) is 0 Å². The summed E-state index contributed by atoms with van der Waals surface area (Å²) in [5.74, 6) is 0. The van der Waals surface area contributed by atoms with E-state index in [9.17, 15) is 0 Å². The van der Waals surface area contributed by atoms with Gasteiger partial charge in [0.2, 0.25) is 0 Å². The van der Waals surface area contributed by atoms with E-state index in [1.165, 1.54) is 11.1 Å². The van der Waals surface area contributed by atoms with Crippen molar-refractivity contribution < 1.29 is 0 Å². The summed E-state index contributed by atoms with van der Waals surface area (Å²) in [6.07, 6.45) is 0.962. The monoisotopic (exact) mass is 348 g/mol. The van der Waals surface area contributed by atoms with Crippen molar-refractivity contribution in [1.82, 2.24) is 5.43 Å². The molecule has 1 unspecified atom stereocenters. The zero-order valence-electron chi connectivity index (χ0n) is 11.0. The van der Waals surface area contributed by atoms with E-state index in [0.717, 1.165) is 27.2 Å². The molecule has 0 fully saturated rings. The van der Waals surface area contributed by atoms with Gasteiger partial charge in [-0.05, 0) is 43.2 Å². The predicted molar refractivity (Wildman–Crippen MR) is 87.5 cm³/mol. The highest BCUT2D eigenvalue weighted by atomic mass is 79.9. The van der Waals surface area contributed by atoms with Crippen molar-refractivity contribution in [2.24, 2.45) is 5.10 Å². The molecule has 1 heterocycles. The number of hydrazone groups is 1. The summed E-state index contributed by atoms with van der Waals surface area (Å²) in [6, 6.07) is 14.5. The first kappa shape index (κ1) is 13.7. The fourth-order valence-corrected chi connectivity index (χ4v) is 2.87. The van der Waals surface area contributed by atoms with E-state index in [1.54, 1.807) is 0 Å². The van der Waals surface area contributed by atoms with Crippen LogP contribution in [-0.2, 0) is 6.42 Å². The second-order valence-electron chi connectivity index (χ2n) is 5.00. The Morgan fingerprint density at radius 3 is 2.70 bits per heavy atom. The average molecular weight is 350 g/mol. The second-order valence-corrected chi connectivity index (χ2v) is 6.36. The molecule has 2 nitrogen and oxygen atoms in total. The van der Waals surface area contributed by atoms with Gasteiger partial charge in [0.05, 0.1) is 5.71 Å². The molecule has 20 heavy (non-hydrogen) atoms. The number of rotatable bonds is 1. The van der Waals surface area contributed by atoms with Gasteiger partial charge >= 0.3 is 0 Å².